The number of fused-ring (bicyclic) bond motifs is 1. The molecule has 0 aromatic carbocycles. The lowest BCUT2D eigenvalue weighted by atomic mass is 9.95. The zero-order valence-electron chi connectivity index (χ0n) is 16.5. The van der Waals surface area contributed by atoms with Gasteiger partial charge in [0.05, 0.1) is 10.8 Å². The van der Waals surface area contributed by atoms with Crippen LogP contribution in [0.2, 0.25) is 0 Å². The monoisotopic (exact) mass is 408 g/mol. The predicted molar refractivity (Wildman–Crippen MR) is 112 cm³/mol. The molecular weight excluding hydrogens is 384 g/mol. The number of hydrogen-bond acceptors (Lipinski definition) is 7. The third kappa shape index (κ3) is 4.35. The lowest BCUT2D eigenvalue weighted by Crippen LogP contribution is -2.51. The zero-order chi connectivity index (χ0) is 20.2. The Hall–Kier alpha value is -2.66. The molecule has 7 nitrogen and oxygen atoms in total. The molecule has 0 bridgehead atoms. The lowest BCUT2D eigenvalue weighted by Gasteiger charge is -2.35. The molecule has 150 valence electrons. The molecule has 8 heteroatoms. The topological polar surface area (TPSA) is 86.0 Å². The predicted octanol–water partition coefficient (Wildman–Crippen LogP) is 2.45. The fourth-order valence-corrected chi connectivity index (χ4v) is 4.82. The molecule has 2 aromatic rings. The van der Waals surface area contributed by atoms with E-state index in [0.29, 0.717) is 42.7 Å². The Labute approximate surface area is 175 Å². The van der Waals surface area contributed by atoms with Crippen LogP contribution in [0.4, 0.5) is 5.95 Å². The molecule has 29 heavy (non-hydrogen) atoms. The third-order valence-corrected chi connectivity index (χ3v) is 6.54. The smallest absolute Gasteiger partial charge is 0.235 e. The van der Waals surface area contributed by atoms with Crippen molar-refractivity contribution in [2.24, 2.45) is 0 Å². The zero-order valence-corrected chi connectivity index (χ0v) is 17.4. The van der Waals surface area contributed by atoms with Gasteiger partial charge in [0.1, 0.15) is 11.1 Å². The van der Waals surface area contributed by atoms with Crippen LogP contribution in [0.5, 0.6) is 0 Å². The average Bonchev–Trinajstić information content (AvgIpc) is 2.78. The Morgan fingerprint density at radius 3 is 2.62 bits per heavy atom. The molecule has 1 amide bonds. The van der Waals surface area contributed by atoms with Crippen LogP contribution in [0.25, 0.3) is 0 Å². The van der Waals surface area contributed by atoms with E-state index in [1.807, 2.05) is 17.9 Å². The second-order valence-electron chi connectivity index (χ2n) is 7.39. The molecule has 1 aliphatic carbocycles. The molecule has 1 aliphatic heterocycles. The maximum atomic E-state index is 13.0. The van der Waals surface area contributed by atoms with Crippen LogP contribution in [0.3, 0.4) is 0 Å². The van der Waals surface area contributed by atoms with E-state index in [2.05, 4.69) is 20.9 Å². The van der Waals surface area contributed by atoms with Crippen LogP contribution in [0.15, 0.2) is 29.6 Å². The highest BCUT2D eigenvalue weighted by molar-refractivity contribution is 8.00. The van der Waals surface area contributed by atoms with E-state index >= 15 is 0 Å². The summed E-state index contributed by atoms with van der Waals surface area (Å²) in [5.41, 5.74) is 2.87. The standard InChI is InChI=1S/C21H24N6OS/c1-15(29-19-17(14-22)13-16-5-2-3-6-18(16)25-19)20(28)26-9-11-27(12-10-26)21-23-7-4-8-24-21/h4,7-8,13,15H,2-3,5-6,9-12H2,1H3. The van der Waals surface area contributed by atoms with Crippen molar-refractivity contribution in [2.45, 2.75) is 42.9 Å². The van der Waals surface area contributed by atoms with Gasteiger partial charge in [0, 0.05) is 44.3 Å². The number of hydrogen-bond donors (Lipinski definition) is 0. The van der Waals surface area contributed by atoms with Gasteiger partial charge in [-0.3, -0.25) is 4.79 Å². The van der Waals surface area contributed by atoms with Crippen LogP contribution in [-0.4, -0.2) is 57.2 Å². The molecule has 1 fully saturated rings. The van der Waals surface area contributed by atoms with Gasteiger partial charge in [0.2, 0.25) is 11.9 Å². The van der Waals surface area contributed by atoms with Crippen LogP contribution < -0.4 is 4.90 Å². The minimum atomic E-state index is -0.282. The first-order chi connectivity index (χ1) is 14.2. The summed E-state index contributed by atoms with van der Waals surface area (Å²) in [6, 6.07) is 6.03. The molecular formula is C21H24N6OS. The Morgan fingerprint density at radius 2 is 1.90 bits per heavy atom. The van der Waals surface area contributed by atoms with Crippen molar-refractivity contribution < 1.29 is 4.79 Å². The highest BCUT2D eigenvalue weighted by Gasteiger charge is 2.27. The highest BCUT2D eigenvalue weighted by atomic mass is 32.2. The first-order valence-electron chi connectivity index (χ1n) is 10.1. The van der Waals surface area contributed by atoms with Crippen LogP contribution >= 0.6 is 11.8 Å². The van der Waals surface area contributed by atoms with E-state index in [0.717, 1.165) is 31.4 Å². The van der Waals surface area contributed by atoms with Crippen molar-refractivity contribution in [3.63, 3.8) is 0 Å². The summed E-state index contributed by atoms with van der Waals surface area (Å²) < 4.78 is 0. The van der Waals surface area contributed by atoms with Gasteiger partial charge in [-0.25, -0.2) is 15.0 Å². The average molecular weight is 409 g/mol. The van der Waals surface area contributed by atoms with Gasteiger partial charge in [-0.15, -0.1) is 0 Å². The molecule has 1 atom stereocenters. The van der Waals surface area contributed by atoms with Crippen molar-refractivity contribution in [1.29, 1.82) is 5.26 Å². The first kappa shape index (κ1) is 19.6. The van der Waals surface area contributed by atoms with Gasteiger partial charge in [-0.1, -0.05) is 11.8 Å². The molecule has 3 heterocycles. The summed E-state index contributed by atoms with van der Waals surface area (Å²) in [4.78, 5) is 30.3. The number of aromatic nitrogens is 3. The molecule has 2 aromatic heterocycles. The van der Waals surface area contributed by atoms with E-state index in [4.69, 9.17) is 4.98 Å². The van der Waals surface area contributed by atoms with E-state index < -0.39 is 0 Å². The number of nitrogens with zero attached hydrogens (tertiary/aromatic N) is 6. The van der Waals surface area contributed by atoms with Crippen molar-refractivity contribution in [3.8, 4) is 6.07 Å². The number of piperazine rings is 1. The van der Waals surface area contributed by atoms with E-state index in [1.165, 1.54) is 17.3 Å². The number of pyridine rings is 1. The molecule has 0 N–H and O–H groups in total. The minimum Gasteiger partial charge on any atom is -0.338 e. The fourth-order valence-electron chi connectivity index (χ4n) is 3.84. The van der Waals surface area contributed by atoms with E-state index in [-0.39, 0.29) is 11.2 Å². The molecule has 1 unspecified atom stereocenters. The number of anilines is 1. The third-order valence-electron chi connectivity index (χ3n) is 5.45. The van der Waals surface area contributed by atoms with Crippen LogP contribution in [0.1, 0.15) is 36.6 Å². The molecule has 0 saturated carbocycles. The Balaban J connectivity index is 1.40. The summed E-state index contributed by atoms with van der Waals surface area (Å²) in [6.07, 6.45) is 7.71. The summed E-state index contributed by atoms with van der Waals surface area (Å²) in [5, 5.41) is 9.95. The number of carbonyl (C=O) groups is 1. The van der Waals surface area contributed by atoms with Crippen molar-refractivity contribution in [1.82, 2.24) is 19.9 Å². The SMILES string of the molecule is CC(Sc1nc2c(cc1C#N)CCCC2)C(=O)N1CCN(c2ncccn2)CC1. The largest absolute Gasteiger partial charge is 0.338 e. The van der Waals surface area contributed by atoms with Crippen molar-refractivity contribution in [2.75, 3.05) is 31.1 Å². The van der Waals surface area contributed by atoms with Gasteiger partial charge >= 0.3 is 0 Å². The Morgan fingerprint density at radius 1 is 1.17 bits per heavy atom. The van der Waals surface area contributed by atoms with Gasteiger partial charge in [-0.2, -0.15) is 5.26 Å². The summed E-state index contributed by atoms with van der Waals surface area (Å²) in [7, 11) is 0. The lowest BCUT2D eigenvalue weighted by molar-refractivity contribution is -0.130. The number of amides is 1. The van der Waals surface area contributed by atoms with Crippen molar-refractivity contribution in [3.05, 3.63) is 41.3 Å². The molecule has 1 saturated heterocycles. The molecule has 0 spiro atoms. The van der Waals surface area contributed by atoms with Gasteiger partial charge in [0.25, 0.3) is 0 Å². The quantitative estimate of drug-likeness (QED) is 0.718. The van der Waals surface area contributed by atoms with Gasteiger partial charge in [-0.05, 0) is 50.3 Å². The van der Waals surface area contributed by atoms with Gasteiger partial charge < -0.3 is 9.80 Å². The first-order valence-corrected chi connectivity index (χ1v) is 10.9. The second-order valence-corrected chi connectivity index (χ2v) is 8.72. The Bertz CT molecular complexity index is 921. The summed E-state index contributed by atoms with van der Waals surface area (Å²) >= 11 is 1.40. The van der Waals surface area contributed by atoms with Gasteiger partial charge in [0.15, 0.2) is 0 Å². The fraction of sp³-hybridized carbons (Fsp3) is 0.476. The minimum absolute atomic E-state index is 0.0899. The highest BCUT2D eigenvalue weighted by Crippen LogP contribution is 2.30. The summed E-state index contributed by atoms with van der Waals surface area (Å²) in [5.74, 6) is 0.797. The number of carbonyl (C=O) groups excluding carboxylic acids is 1. The summed E-state index contributed by atoms with van der Waals surface area (Å²) in [6.45, 7) is 4.62. The Kier molecular flexibility index (Phi) is 5.95. The number of aryl methyl sites for hydroxylation is 2. The van der Waals surface area contributed by atoms with Crippen LogP contribution in [-0.2, 0) is 17.6 Å². The number of thioether (sulfide) groups is 1. The van der Waals surface area contributed by atoms with E-state index in [1.54, 1.807) is 18.5 Å². The molecule has 2 aliphatic rings. The normalized spacial score (nSPS) is 17.4. The molecule has 4 rings (SSSR count). The van der Waals surface area contributed by atoms with E-state index in [9.17, 15) is 10.1 Å². The number of rotatable bonds is 4. The number of nitriles is 1. The second kappa shape index (κ2) is 8.78. The molecule has 0 radical (unpaired) electrons. The van der Waals surface area contributed by atoms with Crippen LogP contribution in [0, 0.1) is 11.3 Å². The van der Waals surface area contributed by atoms with Crippen molar-refractivity contribution >= 4 is 23.6 Å². The maximum absolute atomic E-state index is 13.0. The maximum Gasteiger partial charge on any atom is 0.235 e.